The molecule has 2 rings (SSSR count). The minimum absolute atomic E-state index is 0.342. The van der Waals surface area contributed by atoms with Gasteiger partial charge in [0.2, 0.25) is 0 Å². The lowest BCUT2D eigenvalue weighted by Gasteiger charge is -2.26. The Morgan fingerprint density at radius 1 is 1.58 bits per heavy atom. The summed E-state index contributed by atoms with van der Waals surface area (Å²) in [7, 11) is 0. The molecule has 0 saturated heterocycles. The minimum atomic E-state index is 0.342. The molecular weight excluding hydrogens is 152 g/mol. The lowest BCUT2D eigenvalue weighted by Crippen LogP contribution is -2.37. The van der Waals surface area contributed by atoms with Gasteiger partial charge in [0.1, 0.15) is 6.10 Å². The lowest BCUT2D eigenvalue weighted by atomic mass is 9.90. The van der Waals surface area contributed by atoms with Crippen molar-refractivity contribution < 1.29 is 4.74 Å². The topological polar surface area (TPSA) is 47.6 Å². The maximum Gasteiger partial charge on any atom is 0.183 e. The molecule has 3 atom stereocenters. The number of hydrogen-bond donors (Lipinski definition) is 1. The Labute approximate surface area is 73.0 Å². The van der Waals surface area contributed by atoms with Crippen LogP contribution in [0, 0.1) is 0 Å². The quantitative estimate of drug-likeness (QED) is 0.636. The molecule has 68 valence electrons. The standard InChI is InChI=1S/C9H16N2O/c1-2-9-11-7-5-6(10)3-4-8(7)12-9/h6-8H,2-5,10H2,1H3. The fourth-order valence-corrected chi connectivity index (χ4v) is 1.99. The highest BCUT2D eigenvalue weighted by Gasteiger charge is 2.34. The Morgan fingerprint density at radius 3 is 3.17 bits per heavy atom. The van der Waals surface area contributed by atoms with Crippen LogP contribution in [0.1, 0.15) is 32.6 Å². The van der Waals surface area contributed by atoms with E-state index in [1.165, 1.54) is 0 Å². The molecule has 0 bridgehead atoms. The Bertz CT molecular complexity index is 203. The van der Waals surface area contributed by atoms with Crippen LogP contribution in [0.5, 0.6) is 0 Å². The molecule has 0 aromatic heterocycles. The summed E-state index contributed by atoms with van der Waals surface area (Å²) in [5.74, 6) is 0.930. The predicted octanol–water partition coefficient (Wildman–Crippen LogP) is 1.07. The van der Waals surface area contributed by atoms with Crippen LogP contribution in [0.2, 0.25) is 0 Å². The molecular formula is C9H16N2O. The molecule has 1 heterocycles. The first-order valence-electron chi connectivity index (χ1n) is 4.78. The van der Waals surface area contributed by atoms with Gasteiger partial charge in [0.25, 0.3) is 0 Å². The molecule has 0 amide bonds. The summed E-state index contributed by atoms with van der Waals surface area (Å²) in [6.07, 6.45) is 4.45. The molecule has 2 N–H and O–H groups in total. The van der Waals surface area contributed by atoms with Crippen molar-refractivity contribution in [1.29, 1.82) is 0 Å². The van der Waals surface area contributed by atoms with Gasteiger partial charge in [-0.1, -0.05) is 6.92 Å². The SMILES string of the molecule is CCC1=NC2CC(N)CCC2O1. The second kappa shape index (κ2) is 3.05. The second-order valence-electron chi connectivity index (χ2n) is 3.67. The summed E-state index contributed by atoms with van der Waals surface area (Å²) >= 11 is 0. The fraction of sp³-hybridized carbons (Fsp3) is 0.889. The molecule has 1 fully saturated rings. The van der Waals surface area contributed by atoms with Crippen molar-refractivity contribution >= 4 is 5.90 Å². The summed E-state index contributed by atoms with van der Waals surface area (Å²) in [6.45, 7) is 2.08. The van der Waals surface area contributed by atoms with Crippen LogP contribution in [0.25, 0.3) is 0 Å². The predicted molar refractivity (Wildman–Crippen MR) is 48.2 cm³/mol. The van der Waals surface area contributed by atoms with Gasteiger partial charge < -0.3 is 10.5 Å². The van der Waals surface area contributed by atoms with Crippen LogP contribution in [-0.4, -0.2) is 24.1 Å². The van der Waals surface area contributed by atoms with Gasteiger partial charge in [0.05, 0.1) is 6.04 Å². The van der Waals surface area contributed by atoms with Crippen LogP contribution in [0.4, 0.5) is 0 Å². The summed E-state index contributed by atoms with van der Waals surface area (Å²) in [5.41, 5.74) is 5.85. The van der Waals surface area contributed by atoms with Crippen molar-refractivity contribution in [2.75, 3.05) is 0 Å². The van der Waals surface area contributed by atoms with E-state index in [2.05, 4.69) is 11.9 Å². The number of fused-ring (bicyclic) bond motifs is 1. The van der Waals surface area contributed by atoms with Gasteiger partial charge in [-0.05, 0) is 19.3 Å². The van der Waals surface area contributed by atoms with Crippen molar-refractivity contribution in [3.63, 3.8) is 0 Å². The first-order valence-corrected chi connectivity index (χ1v) is 4.78. The van der Waals surface area contributed by atoms with Gasteiger partial charge in [0.15, 0.2) is 5.90 Å². The van der Waals surface area contributed by atoms with Crippen LogP contribution < -0.4 is 5.73 Å². The highest BCUT2D eigenvalue weighted by atomic mass is 16.5. The zero-order chi connectivity index (χ0) is 8.55. The third-order valence-electron chi connectivity index (χ3n) is 2.70. The summed E-state index contributed by atoms with van der Waals surface area (Å²) in [5, 5.41) is 0. The van der Waals surface area contributed by atoms with E-state index in [0.29, 0.717) is 18.2 Å². The zero-order valence-electron chi connectivity index (χ0n) is 7.49. The monoisotopic (exact) mass is 168 g/mol. The van der Waals surface area contributed by atoms with Gasteiger partial charge >= 0.3 is 0 Å². The van der Waals surface area contributed by atoms with Crippen molar-refractivity contribution in [2.45, 2.75) is 50.8 Å². The maximum atomic E-state index is 5.85. The van der Waals surface area contributed by atoms with Gasteiger partial charge in [-0.25, -0.2) is 4.99 Å². The van der Waals surface area contributed by atoms with E-state index in [1.54, 1.807) is 0 Å². The minimum Gasteiger partial charge on any atom is -0.475 e. The third kappa shape index (κ3) is 1.33. The van der Waals surface area contributed by atoms with Gasteiger partial charge in [0, 0.05) is 12.5 Å². The Balaban J connectivity index is 2.02. The Morgan fingerprint density at radius 2 is 2.42 bits per heavy atom. The summed E-state index contributed by atoms with van der Waals surface area (Å²) in [4.78, 5) is 4.49. The normalized spacial score (nSPS) is 40.2. The lowest BCUT2D eigenvalue weighted by molar-refractivity contribution is 0.142. The number of nitrogens with zero attached hydrogens (tertiary/aromatic N) is 1. The van der Waals surface area contributed by atoms with E-state index in [9.17, 15) is 0 Å². The van der Waals surface area contributed by atoms with E-state index >= 15 is 0 Å². The molecule has 1 aliphatic heterocycles. The highest BCUT2D eigenvalue weighted by molar-refractivity contribution is 5.77. The Kier molecular flexibility index (Phi) is 2.05. The number of rotatable bonds is 1. The van der Waals surface area contributed by atoms with E-state index < -0.39 is 0 Å². The third-order valence-corrected chi connectivity index (χ3v) is 2.70. The molecule has 2 aliphatic rings. The van der Waals surface area contributed by atoms with Crippen molar-refractivity contribution in [2.24, 2.45) is 10.7 Å². The van der Waals surface area contributed by atoms with Crippen LogP contribution in [0.3, 0.4) is 0 Å². The zero-order valence-corrected chi connectivity index (χ0v) is 7.49. The number of aliphatic imine (C=N–C) groups is 1. The van der Waals surface area contributed by atoms with E-state index in [1.807, 2.05) is 0 Å². The molecule has 3 heteroatoms. The molecule has 12 heavy (non-hydrogen) atoms. The highest BCUT2D eigenvalue weighted by Crippen LogP contribution is 2.28. The van der Waals surface area contributed by atoms with Gasteiger partial charge in [-0.15, -0.1) is 0 Å². The number of nitrogens with two attached hydrogens (primary N) is 1. The maximum absolute atomic E-state index is 5.85. The van der Waals surface area contributed by atoms with E-state index in [0.717, 1.165) is 31.6 Å². The van der Waals surface area contributed by atoms with Crippen LogP contribution in [-0.2, 0) is 4.74 Å². The first-order chi connectivity index (χ1) is 5.79. The number of hydrogen-bond acceptors (Lipinski definition) is 3. The molecule has 3 nitrogen and oxygen atoms in total. The summed E-state index contributed by atoms with van der Waals surface area (Å²) < 4.78 is 5.66. The van der Waals surface area contributed by atoms with E-state index in [4.69, 9.17) is 10.5 Å². The molecule has 0 spiro atoms. The molecule has 0 aromatic rings. The second-order valence-corrected chi connectivity index (χ2v) is 3.67. The van der Waals surface area contributed by atoms with Crippen LogP contribution in [0.15, 0.2) is 4.99 Å². The van der Waals surface area contributed by atoms with Crippen molar-refractivity contribution in [3.8, 4) is 0 Å². The largest absolute Gasteiger partial charge is 0.475 e. The molecule has 1 aliphatic carbocycles. The average Bonchev–Trinajstić information content (AvgIpc) is 2.46. The molecule has 3 unspecified atom stereocenters. The molecule has 0 radical (unpaired) electrons. The fourth-order valence-electron chi connectivity index (χ4n) is 1.99. The average molecular weight is 168 g/mol. The summed E-state index contributed by atoms with van der Waals surface area (Å²) in [6, 6.07) is 0.707. The molecule has 1 saturated carbocycles. The first kappa shape index (κ1) is 8.05. The Hall–Kier alpha value is -0.570. The number of ether oxygens (including phenoxy) is 1. The smallest absolute Gasteiger partial charge is 0.183 e. The van der Waals surface area contributed by atoms with Gasteiger partial charge in [-0.2, -0.15) is 0 Å². The van der Waals surface area contributed by atoms with Crippen molar-refractivity contribution in [1.82, 2.24) is 0 Å². The van der Waals surface area contributed by atoms with Gasteiger partial charge in [-0.3, -0.25) is 0 Å². The molecule has 0 aromatic carbocycles. The van der Waals surface area contributed by atoms with Crippen LogP contribution >= 0.6 is 0 Å². The van der Waals surface area contributed by atoms with Crippen molar-refractivity contribution in [3.05, 3.63) is 0 Å². The van der Waals surface area contributed by atoms with E-state index in [-0.39, 0.29) is 0 Å².